The van der Waals surface area contributed by atoms with Gasteiger partial charge in [-0.1, -0.05) is 13.8 Å². The number of amides is 1. The van der Waals surface area contributed by atoms with E-state index < -0.39 is 6.04 Å². The summed E-state index contributed by atoms with van der Waals surface area (Å²) in [5.74, 6) is 0.394. The van der Waals surface area contributed by atoms with E-state index in [1.807, 2.05) is 0 Å². The van der Waals surface area contributed by atoms with E-state index in [0.717, 1.165) is 0 Å². The van der Waals surface area contributed by atoms with E-state index in [1.165, 1.54) is 0 Å². The molecule has 6 heteroatoms. The Morgan fingerprint density at radius 3 is 1.90 bits per heavy atom. The summed E-state index contributed by atoms with van der Waals surface area (Å²) in [5, 5.41) is 0. The van der Waals surface area contributed by atoms with Crippen molar-refractivity contribution in [3.05, 3.63) is 0 Å². The third-order valence-corrected chi connectivity index (χ3v) is 3.11. The Morgan fingerprint density at radius 2 is 1.45 bits per heavy atom. The second kappa shape index (κ2) is 10.1. The Bertz CT molecular complexity index is 262. The molecule has 1 saturated heterocycles. The van der Waals surface area contributed by atoms with E-state index in [4.69, 9.17) is 19.9 Å². The van der Waals surface area contributed by atoms with Gasteiger partial charge in [-0.15, -0.1) is 0 Å². The predicted molar refractivity (Wildman–Crippen MR) is 76.5 cm³/mol. The van der Waals surface area contributed by atoms with E-state index in [-0.39, 0.29) is 5.91 Å². The highest BCUT2D eigenvalue weighted by Crippen LogP contribution is 2.06. The molecule has 118 valence electrons. The number of hydrogen-bond donors (Lipinski definition) is 1. The summed E-state index contributed by atoms with van der Waals surface area (Å²) >= 11 is 0. The normalized spacial score (nSPS) is 21.1. The van der Waals surface area contributed by atoms with Crippen LogP contribution >= 0.6 is 0 Å². The summed E-state index contributed by atoms with van der Waals surface area (Å²) in [6.45, 7) is 8.44. The van der Waals surface area contributed by atoms with Crippen LogP contribution in [0.15, 0.2) is 0 Å². The molecule has 6 nitrogen and oxygen atoms in total. The summed E-state index contributed by atoms with van der Waals surface area (Å²) in [7, 11) is 0. The van der Waals surface area contributed by atoms with Crippen LogP contribution < -0.4 is 5.73 Å². The lowest BCUT2D eigenvalue weighted by Gasteiger charge is -2.26. The molecule has 1 rings (SSSR count). The van der Waals surface area contributed by atoms with Crippen LogP contribution in [-0.4, -0.2) is 69.6 Å². The van der Waals surface area contributed by atoms with Gasteiger partial charge in [0.1, 0.15) is 0 Å². The number of nitrogens with two attached hydrogens (primary N) is 1. The summed E-state index contributed by atoms with van der Waals surface area (Å²) in [6.07, 6.45) is 0.699. The molecule has 1 aliphatic rings. The second-order valence-electron chi connectivity index (χ2n) is 5.40. The lowest BCUT2D eigenvalue weighted by Crippen LogP contribution is -2.47. The highest BCUT2D eigenvalue weighted by molar-refractivity contribution is 5.81. The van der Waals surface area contributed by atoms with E-state index in [1.54, 1.807) is 4.90 Å². The van der Waals surface area contributed by atoms with Gasteiger partial charge in [0.05, 0.1) is 45.7 Å². The minimum atomic E-state index is -0.439. The molecule has 0 aromatic heterocycles. The van der Waals surface area contributed by atoms with Gasteiger partial charge in [-0.05, 0) is 12.3 Å². The van der Waals surface area contributed by atoms with Gasteiger partial charge >= 0.3 is 0 Å². The fourth-order valence-electron chi connectivity index (χ4n) is 2.07. The zero-order valence-corrected chi connectivity index (χ0v) is 12.7. The maximum atomic E-state index is 12.3. The van der Waals surface area contributed by atoms with Crippen LogP contribution in [0.3, 0.4) is 0 Å². The molecule has 0 aromatic rings. The van der Waals surface area contributed by atoms with E-state index in [9.17, 15) is 4.79 Å². The molecular weight excluding hydrogens is 260 g/mol. The maximum Gasteiger partial charge on any atom is 0.239 e. The van der Waals surface area contributed by atoms with Gasteiger partial charge in [0, 0.05) is 13.1 Å². The van der Waals surface area contributed by atoms with Crippen LogP contribution in [-0.2, 0) is 19.0 Å². The number of rotatable bonds is 3. The highest BCUT2D eigenvalue weighted by Gasteiger charge is 2.21. The zero-order chi connectivity index (χ0) is 14.8. The second-order valence-corrected chi connectivity index (χ2v) is 5.40. The first-order valence-corrected chi connectivity index (χ1v) is 7.39. The Balaban J connectivity index is 2.46. The fraction of sp³-hybridized carbons (Fsp3) is 0.929. The maximum absolute atomic E-state index is 12.3. The van der Waals surface area contributed by atoms with E-state index >= 15 is 0 Å². The van der Waals surface area contributed by atoms with Crippen molar-refractivity contribution < 1.29 is 19.0 Å². The first-order chi connectivity index (χ1) is 9.61. The number of carbonyl (C=O) groups excluding carboxylic acids is 1. The molecular formula is C14H28N2O4. The summed E-state index contributed by atoms with van der Waals surface area (Å²) in [4.78, 5) is 14.1. The van der Waals surface area contributed by atoms with Gasteiger partial charge in [0.25, 0.3) is 0 Å². The molecule has 2 N–H and O–H groups in total. The van der Waals surface area contributed by atoms with Gasteiger partial charge in [-0.3, -0.25) is 4.79 Å². The average molecular weight is 288 g/mol. The standard InChI is InChI=1S/C14H28N2O4/c1-12(2)11-13(15)14(17)16-3-5-18-7-9-20-10-8-19-6-4-16/h12-13H,3-11,15H2,1-2H3. The molecule has 0 aromatic carbocycles. The third-order valence-electron chi connectivity index (χ3n) is 3.11. The summed E-state index contributed by atoms with van der Waals surface area (Å²) < 4.78 is 16.2. The SMILES string of the molecule is CC(C)CC(N)C(=O)N1CCOCCOCCOCC1. The quantitative estimate of drug-likeness (QED) is 0.806. The molecule has 1 aliphatic heterocycles. The van der Waals surface area contributed by atoms with Crippen molar-refractivity contribution in [3.63, 3.8) is 0 Å². The van der Waals surface area contributed by atoms with Crippen molar-refractivity contribution in [2.45, 2.75) is 26.3 Å². The smallest absolute Gasteiger partial charge is 0.239 e. The van der Waals surface area contributed by atoms with E-state index in [2.05, 4.69) is 13.8 Å². The molecule has 0 bridgehead atoms. The van der Waals surface area contributed by atoms with Gasteiger partial charge < -0.3 is 24.8 Å². The average Bonchev–Trinajstić information content (AvgIpc) is 2.38. The number of hydrogen-bond acceptors (Lipinski definition) is 5. The Kier molecular flexibility index (Phi) is 8.77. The fourth-order valence-corrected chi connectivity index (χ4v) is 2.07. The zero-order valence-electron chi connectivity index (χ0n) is 12.7. The van der Waals surface area contributed by atoms with Crippen LogP contribution in [0.1, 0.15) is 20.3 Å². The first-order valence-electron chi connectivity index (χ1n) is 7.39. The number of ether oxygens (including phenoxy) is 3. The topological polar surface area (TPSA) is 74.0 Å². The van der Waals surface area contributed by atoms with Crippen molar-refractivity contribution >= 4 is 5.91 Å². The molecule has 1 atom stereocenters. The number of carbonyl (C=O) groups is 1. The monoisotopic (exact) mass is 288 g/mol. The van der Waals surface area contributed by atoms with Crippen LogP contribution in [0.2, 0.25) is 0 Å². The first kappa shape index (κ1) is 17.4. The van der Waals surface area contributed by atoms with Crippen molar-refractivity contribution in [2.75, 3.05) is 52.7 Å². The van der Waals surface area contributed by atoms with Crippen molar-refractivity contribution in [1.82, 2.24) is 4.90 Å². The molecule has 0 radical (unpaired) electrons. The highest BCUT2D eigenvalue weighted by atomic mass is 16.5. The molecule has 20 heavy (non-hydrogen) atoms. The van der Waals surface area contributed by atoms with Crippen molar-refractivity contribution in [1.29, 1.82) is 0 Å². The minimum Gasteiger partial charge on any atom is -0.377 e. The van der Waals surface area contributed by atoms with Crippen LogP contribution in [0, 0.1) is 5.92 Å². The molecule has 1 unspecified atom stereocenters. The van der Waals surface area contributed by atoms with Gasteiger partial charge in [-0.25, -0.2) is 0 Å². The molecule has 0 aliphatic carbocycles. The van der Waals surface area contributed by atoms with Gasteiger partial charge in [-0.2, -0.15) is 0 Å². The molecule has 0 spiro atoms. The summed E-state index contributed by atoms with van der Waals surface area (Å²) in [5.41, 5.74) is 5.97. The van der Waals surface area contributed by atoms with Crippen molar-refractivity contribution in [3.8, 4) is 0 Å². The third kappa shape index (κ3) is 7.19. The molecule has 1 fully saturated rings. The van der Waals surface area contributed by atoms with E-state index in [0.29, 0.717) is 65.1 Å². The van der Waals surface area contributed by atoms with Crippen LogP contribution in [0.25, 0.3) is 0 Å². The van der Waals surface area contributed by atoms with Crippen LogP contribution in [0.4, 0.5) is 0 Å². The molecule has 1 amide bonds. The summed E-state index contributed by atoms with van der Waals surface area (Å²) in [6, 6.07) is -0.439. The minimum absolute atomic E-state index is 0.0146. The lowest BCUT2D eigenvalue weighted by atomic mass is 10.0. The Morgan fingerprint density at radius 1 is 1.00 bits per heavy atom. The Labute approximate surface area is 121 Å². The molecule has 0 saturated carbocycles. The largest absolute Gasteiger partial charge is 0.377 e. The van der Waals surface area contributed by atoms with Crippen molar-refractivity contribution in [2.24, 2.45) is 11.7 Å². The number of nitrogens with zero attached hydrogens (tertiary/aromatic N) is 1. The van der Waals surface area contributed by atoms with Crippen LogP contribution in [0.5, 0.6) is 0 Å². The predicted octanol–water partition coefficient (Wildman–Crippen LogP) is 0.252. The lowest BCUT2D eigenvalue weighted by molar-refractivity contribution is -0.135. The molecule has 1 heterocycles. The van der Waals surface area contributed by atoms with Gasteiger partial charge in [0.15, 0.2) is 0 Å². The Hall–Kier alpha value is -0.690. The van der Waals surface area contributed by atoms with Gasteiger partial charge in [0.2, 0.25) is 5.91 Å².